The molecule has 2 aliphatic rings. The minimum absolute atomic E-state index is 0.0371. The number of piperazine rings is 1. The van der Waals surface area contributed by atoms with Gasteiger partial charge in [-0.2, -0.15) is 17.0 Å². The molecule has 0 radical (unpaired) electrons. The molecule has 2 saturated heterocycles. The predicted octanol–water partition coefficient (Wildman–Crippen LogP) is -0.367. The molecule has 11 nitrogen and oxygen atoms in total. The van der Waals surface area contributed by atoms with Gasteiger partial charge < -0.3 is 10.1 Å². The molecule has 2 aliphatic heterocycles. The van der Waals surface area contributed by atoms with Crippen LogP contribution in [0.25, 0.3) is 0 Å². The van der Waals surface area contributed by atoms with E-state index in [1.165, 1.54) is 32.9 Å². The van der Waals surface area contributed by atoms with E-state index >= 15 is 0 Å². The number of primary sulfonamides is 1. The number of ether oxygens (including phenoxy) is 1. The third-order valence-electron chi connectivity index (χ3n) is 5.69. The number of nitrogens with two attached hydrogens (primary N) is 1. The summed E-state index contributed by atoms with van der Waals surface area (Å²) in [5, 5.41) is 7.83. The van der Waals surface area contributed by atoms with Crippen LogP contribution in [0.4, 0.5) is 5.69 Å². The van der Waals surface area contributed by atoms with E-state index in [-0.39, 0.29) is 23.0 Å². The monoisotopic (exact) mass is 489 g/mol. The highest BCUT2D eigenvalue weighted by Crippen LogP contribution is 2.20. The first-order chi connectivity index (χ1) is 14.9. The average Bonchev–Trinajstić information content (AvgIpc) is 2.72. The number of carbonyl (C=O) groups excluding carboxylic acids is 1. The third-order valence-corrected chi connectivity index (χ3v) is 8.59. The largest absolute Gasteiger partial charge is 0.373 e. The number of anilines is 1. The van der Waals surface area contributed by atoms with Gasteiger partial charge in [-0.15, -0.1) is 0 Å². The van der Waals surface area contributed by atoms with Gasteiger partial charge in [0, 0.05) is 45.0 Å². The minimum Gasteiger partial charge on any atom is -0.373 e. The van der Waals surface area contributed by atoms with E-state index < -0.39 is 26.3 Å². The van der Waals surface area contributed by atoms with Crippen LogP contribution >= 0.6 is 0 Å². The highest BCUT2D eigenvalue weighted by Gasteiger charge is 2.37. The number of morpholine rings is 1. The molecule has 13 heteroatoms. The summed E-state index contributed by atoms with van der Waals surface area (Å²) in [6, 6.07) is 5.11. The Labute approximate surface area is 189 Å². The predicted molar refractivity (Wildman–Crippen MR) is 120 cm³/mol. The van der Waals surface area contributed by atoms with Gasteiger partial charge in [0.05, 0.1) is 23.1 Å². The molecule has 0 aromatic heterocycles. The van der Waals surface area contributed by atoms with Gasteiger partial charge in [-0.25, -0.2) is 13.6 Å². The van der Waals surface area contributed by atoms with Gasteiger partial charge >= 0.3 is 0 Å². The fraction of sp³-hybridized carbons (Fsp3) is 0.632. The van der Waals surface area contributed by atoms with Crippen LogP contribution in [0.5, 0.6) is 0 Å². The molecular weight excluding hydrogens is 458 g/mol. The zero-order valence-corrected chi connectivity index (χ0v) is 20.1. The quantitative estimate of drug-likeness (QED) is 0.555. The van der Waals surface area contributed by atoms with Gasteiger partial charge in [0.1, 0.15) is 0 Å². The molecule has 1 amide bonds. The number of nitrogens with one attached hydrogen (secondary N) is 1. The lowest BCUT2D eigenvalue weighted by Gasteiger charge is -2.41. The normalized spacial score (nSPS) is 25.4. The highest BCUT2D eigenvalue weighted by molar-refractivity contribution is 7.89. The first-order valence-electron chi connectivity index (χ1n) is 10.5. The summed E-state index contributed by atoms with van der Waals surface area (Å²) in [5.74, 6) is -0.263. The topological polar surface area (TPSA) is 142 Å². The first-order valence-corrected chi connectivity index (χ1v) is 13.4. The van der Waals surface area contributed by atoms with E-state index in [1.54, 1.807) is 6.92 Å². The number of hydrogen-bond acceptors (Lipinski definition) is 7. The molecule has 0 bridgehead atoms. The van der Waals surface area contributed by atoms with Gasteiger partial charge in [-0.1, -0.05) is 0 Å². The lowest BCUT2D eigenvalue weighted by Crippen LogP contribution is -2.58. The van der Waals surface area contributed by atoms with E-state index in [1.807, 2.05) is 18.7 Å². The molecule has 3 unspecified atom stereocenters. The number of carbonyl (C=O) groups is 1. The smallest absolute Gasteiger partial charge is 0.282 e. The Morgan fingerprint density at radius 2 is 1.53 bits per heavy atom. The van der Waals surface area contributed by atoms with Crippen molar-refractivity contribution in [1.29, 1.82) is 0 Å². The summed E-state index contributed by atoms with van der Waals surface area (Å²) in [6.45, 7) is 7.57. The van der Waals surface area contributed by atoms with E-state index in [4.69, 9.17) is 9.88 Å². The Morgan fingerprint density at radius 3 is 2.03 bits per heavy atom. The summed E-state index contributed by atoms with van der Waals surface area (Å²) in [7, 11) is -7.38. The van der Waals surface area contributed by atoms with Crippen molar-refractivity contribution in [2.24, 2.45) is 5.14 Å². The molecule has 3 rings (SSSR count). The zero-order chi connectivity index (χ0) is 23.7. The first kappa shape index (κ1) is 25.0. The number of nitrogens with zero attached hydrogens (tertiary/aromatic N) is 3. The number of rotatable bonds is 6. The second-order valence-electron chi connectivity index (χ2n) is 8.25. The lowest BCUT2D eigenvalue weighted by molar-refractivity contribution is -0.121. The van der Waals surface area contributed by atoms with Crippen LogP contribution in [-0.4, -0.2) is 93.8 Å². The minimum atomic E-state index is -3.80. The van der Waals surface area contributed by atoms with Crippen molar-refractivity contribution >= 4 is 31.8 Å². The maximum Gasteiger partial charge on any atom is 0.282 e. The summed E-state index contributed by atoms with van der Waals surface area (Å²) in [5.41, 5.74) is 0.450. The van der Waals surface area contributed by atoms with Crippen LogP contribution in [0.3, 0.4) is 0 Å². The van der Waals surface area contributed by atoms with E-state index in [9.17, 15) is 21.6 Å². The maximum atomic E-state index is 13.0. The Bertz CT molecular complexity index is 1010. The lowest BCUT2D eigenvalue weighted by atomic mass is 10.2. The Hall–Kier alpha value is -1.61. The standard InChI is InChI=1S/C19H31N5O6S2/c1-14-12-24(13-15(2)30-14)32(28,29)23-10-8-22(9-11-23)16(3)19(25)21-17-4-6-18(7-5-17)31(20,26)27/h4-7,14-16H,8-13H2,1-3H3,(H,21,25)(H2,20,26,27). The fourth-order valence-corrected chi connectivity index (χ4v) is 6.21. The van der Waals surface area contributed by atoms with Crippen LogP contribution in [0.2, 0.25) is 0 Å². The summed E-state index contributed by atoms with van der Waals surface area (Å²) < 4.78 is 57.3. The van der Waals surface area contributed by atoms with Crippen molar-refractivity contribution in [3.63, 3.8) is 0 Å². The summed E-state index contributed by atoms with van der Waals surface area (Å²) >= 11 is 0. The van der Waals surface area contributed by atoms with Crippen LogP contribution in [-0.2, 0) is 29.8 Å². The van der Waals surface area contributed by atoms with Crippen molar-refractivity contribution < 1.29 is 26.4 Å². The number of amides is 1. The Kier molecular flexibility index (Phi) is 7.59. The summed E-state index contributed by atoms with van der Waals surface area (Å²) in [4.78, 5) is 14.5. The number of sulfonamides is 1. The van der Waals surface area contributed by atoms with Gasteiger partial charge in [0.2, 0.25) is 15.9 Å². The van der Waals surface area contributed by atoms with Crippen LogP contribution in [0.15, 0.2) is 29.2 Å². The van der Waals surface area contributed by atoms with Crippen molar-refractivity contribution in [3.8, 4) is 0 Å². The maximum absolute atomic E-state index is 13.0. The molecule has 2 heterocycles. The van der Waals surface area contributed by atoms with Crippen molar-refractivity contribution in [3.05, 3.63) is 24.3 Å². The van der Waals surface area contributed by atoms with Crippen molar-refractivity contribution in [2.45, 2.75) is 43.9 Å². The molecule has 0 saturated carbocycles. The molecular formula is C19H31N5O6S2. The second kappa shape index (κ2) is 9.71. The zero-order valence-electron chi connectivity index (χ0n) is 18.5. The fourth-order valence-electron chi connectivity index (χ4n) is 3.94. The molecule has 1 aromatic carbocycles. The number of benzene rings is 1. The third kappa shape index (κ3) is 5.84. The van der Waals surface area contributed by atoms with Crippen LogP contribution < -0.4 is 10.5 Å². The molecule has 180 valence electrons. The molecule has 2 fully saturated rings. The molecule has 3 N–H and O–H groups in total. The second-order valence-corrected chi connectivity index (χ2v) is 11.7. The molecule has 1 aromatic rings. The average molecular weight is 490 g/mol. The molecule has 32 heavy (non-hydrogen) atoms. The van der Waals surface area contributed by atoms with Gasteiger partial charge in [0.25, 0.3) is 10.2 Å². The number of hydrogen-bond donors (Lipinski definition) is 2. The SMILES string of the molecule is CC1CN(S(=O)(=O)N2CCN(C(C)C(=O)Nc3ccc(S(N)(=O)=O)cc3)CC2)CC(C)O1. The van der Waals surface area contributed by atoms with E-state index in [2.05, 4.69) is 5.32 Å². The summed E-state index contributed by atoms with van der Waals surface area (Å²) in [6.07, 6.45) is -0.310. The van der Waals surface area contributed by atoms with E-state index in [0.29, 0.717) is 45.0 Å². The molecule has 3 atom stereocenters. The van der Waals surface area contributed by atoms with Gasteiger partial charge in [0.15, 0.2) is 0 Å². The van der Waals surface area contributed by atoms with E-state index in [0.717, 1.165) is 0 Å². The Morgan fingerprint density at radius 1 is 1.00 bits per heavy atom. The molecule has 0 aliphatic carbocycles. The van der Waals surface area contributed by atoms with Crippen LogP contribution in [0, 0.1) is 0 Å². The van der Waals surface area contributed by atoms with Gasteiger partial charge in [-0.05, 0) is 45.0 Å². The van der Waals surface area contributed by atoms with Crippen LogP contribution in [0.1, 0.15) is 20.8 Å². The van der Waals surface area contributed by atoms with Crippen molar-refractivity contribution in [1.82, 2.24) is 13.5 Å². The molecule has 0 spiro atoms. The highest BCUT2D eigenvalue weighted by atomic mass is 32.2. The van der Waals surface area contributed by atoms with Crippen molar-refractivity contribution in [2.75, 3.05) is 44.6 Å². The van der Waals surface area contributed by atoms with Gasteiger partial charge in [-0.3, -0.25) is 9.69 Å². The Balaban J connectivity index is 1.55.